The summed E-state index contributed by atoms with van der Waals surface area (Å²) >= 11 is 0. The van der Waals surface area contributed by atoms with Gasteiger partial charge in [-0.15, -0.1) is 0 Å². The van der Waals surface area contributed by atoms with E-state index in [0.717, 1.165) is 12.0 Å². The first kappa shape index (κ1) is 15.1. The third kappa shape index (κ3) is 2.91. The van der Waals surface area contributed by atoms with Crippen molar-refractivity contribution in [2.24, 2.45) is 0 Å². The van der Waals surface area contributed by atoms with E-state index in [1.807, 2.05) is 26.0 Å². The average Bonchev–Trinajstić information content (AvgIpc) is 2.89. The van der Waals surface area contributed by atoms with Crippen molar-refractivity contribution < 1.29 is 14.3 Å². The fraction of sp³-hybridized carbons (Fsp3) is 0.375. The molecular formula is C16H20N2O3. The van der Waals surface area contributed by atoms with E-state index in [1.54, 1.807) is 24.1 Å². The van der Waals surface area contributed by atoms with Gasteiger partial charge in [0.1, 0.15) is 5.75 Å². The number of ketones is 1. The maximum Gasteiger partial charge on any atom is 0.218 e. The highest BCUT2D eigenvalue weighted by atomic mass is 16.5. The Morgan fingerprint density at radius 1 is 1.24 bits per heavy atom. The molecule has 0 bridgehead atoms. The first-order valence-electron chi connectivity index (χ1n) is 6.91. The topological polar surface area (TPSA) is 53.4 Å². The van der Waals surface area contributed by atoms with Crippen LogP contribution in [0.3, 0.4) is 0 Å². The molecule has 1 aromatic carbocycles. The summed E-state index contributed by atoms with van der Waals surface area (Å²) in [5.74, 6) is 0.900. The molecule has 0 saturated heterocycles. The van der Waals surface area contributed by atoms with Crippen LogP contribution in [0.5, 0.6) is 11.5 Å². The molecule has 0 amide bonds. The number of rotatable bonds is 6. The highest BCUT2D eigenvalue weighted by molar-refractivity contribution is 6.11. The molecule has 0 aliphatic rings. The molecule has 21 heavy (non-hydrogen) atoms. The molecule has 0 atom stereocenters. The van der Waals surface area contributed by atoms with E-state index in [4.69, 9.17) is 9.47 Å². The molecule has 0 fully saturated rings. The lowest BCUT2D eigenvalue weighted by molar-refractivity contribution is 0.102. The summed E-state index contributed by atoms with van der Waals surface area (Å²) in [6.45, 7) is 4.66. The molecular weight excluding hydrogens is 268 g/mol. The summed E-state index contributed by atoms with van der Waals surface area (Å²) in [5.41, 5.74) is 2.01. The van der Waals surface area contributed by atoms with Crippen LogP contribution >= 0.6 is 0 Å². The van der Waals surface area contributed by atoms with Crippen LogP contribution in [0.25, 0.3) is 0 Å². The summed E-state index contributed by atoms with van der Waals surface area (Å²) in [7, 11) is 3.10. The molecule has 5 heteroatoms. The number of hydrogen-bond donors (Lipinski definition) is 0. The zero-order chi connectivity index (χ0) is 15.4. The minimum atomic E-state index is -0.144. The largest absolute Gasteiger partial charge is 0.496 e. The highest BCUT2D eigenvalue weighted by Crippen LogP contribution is 2.27. The fourth-order valence-electron chi connectivity index (χ4n) is 2.24. The summed E-state index contributed by atoms with van der Waals surface area (Å²) in [4.78, 5) is 12.9. The summed E-state index contributed by atoms with van der Waals surface area (Å²) in [5, 5.41) is 4.23. The minimum absolute atomic E-state index is 0.144. The molecule has 0 aliphatic heterocycles. The second kappa shape index (κ2) is 6.43. The smallest absolute Gasteiger partial charge is 0.218 e. The zero-order valence-electron chi connectivity index (χ0n) is 12.8. The van der Waals surface area contributed by atoms with E-state index in [0.29, 0.717) is 29.3 Å². The van der Waals surface area contributed by atoms with Crippen molar-refractivity contribution in [2.75, 3.05) is 14.2 Å². The molecule has 5 nitrogen and oxygen atoms in total. The lowest BCUT2D eigenvalue weighted by atomic mass is 10.0. The third-order valence-electron chi connectivity index (χ3n) is 3.28. The molecule has 1 heterocycles. The van der Waals surface area contributed by atoms with Crippen LogP contribution in [0.4, 0.5) is 0 Å². The van der Waals surface area contributed by atoms with Crippen molar-refractivity contribution in [3.05, 3.63) is 41.2 Å². The fourth-order valence-corrected chi connectivity index (χ4v) is 2.24. The first-order chi connectivity index (χ1) is 10.1. The zero-order valence-corrected chi connectivity index (χ0v) is 12.8. The van der Waals surface area contributed by atoms with Gasteiger partial charge in [-0.3, -0.25) is 9.48 Å². The maximum absolute atomic E-state index is 12.9. The van der Waals surface area contributed by atoms with Gasteiger partial charge in [-0.25, -0.2) is 0 Å². The first-order valence-corrected chi connectivity index (χ1v) is 6.91. The number of carbonyl (C=O) groups excluding carboxylic acids is 1. The Balaban J connectivity index is 2.51. The third-order valence-corrected chi connectivity index (χ3v) is 3.28. The number of nitrogens with zero attached hydrogens (tertiary/aromatic N) is 2. The lowest BCUT2D eigenvalue weighted by Gasteiger charge is -2.11. The molecule has 0 unspecified atom stereocenters. The number of aryl methyl sites for hydroxylation is 2. The lowest BCUT2D eigenvalue weighted by Crippen LogP contribution is -2.13. The van der Waals surface area contributed by atoms with Crippen molar-refractivity contribution in [3.63, 3.8) is 0 Å². The van der Waals surface area contributed by atoms with Gasteiger partial charge in [0.2, 0.25) is 5.78 Å². The second-order valence-electron chi connectivity index (χ2n) is 4.82. The van der Waals surface area contributed by atoms with E-state index in [9.17, 15) is 4.79 Å². The molecule has 0 spiro atoms. The Morgan fingerprint density at radius 2 is 1.95 bits per heavy atom. The van der Waals surface area contributed by atoms with Crippen LogP contribution in [-0.2, 0) is 6.54 Å². The monoisotopic (exact) mass is 288 g/mol. The number of benzene rings is 1. The quantitative estimate of drug-likeness (QED) is 0.767. The predicted molar refractivity (Wildman–Crippen MR) is 80.2 cm³/mol. The van der Waals surface area contributed by atoms with Gasteiger partial charge in [0, 0.05) is 6.54 Å². The van der Waals surface area contributed by atoms with Gasteiger partial charge in [-0.2, -0.15) is 5.10 Å². The van der Waals surface area contributed by atoms with E-state index < -0.39 is 0 Å². The minimum Gasteiger partial charge on any atom is -0.496 e. The van der Waals surface area contributed by atoms with Gasteiger partial charge in [0.05, 0.1) is 26.0 Å². The number of methoxy groups -OCH3 is 2. The van der Waals surface area contributed by atoms with Gasteiger partial charge in [0.25, 0.3) is 0 Å². The maximum atomic E-state index is 12.9. The Bertz CT molecular complexity index is 647. The normalized spacial score (nSPS) is 10.5. The molecule has 0 radical (unpaired) electrons. The van der Waals surface area contributed by atoms with Gasteiger partial charge in [0.15, 0.2) is 11.4 Å². The number of aromatic nitrogens is 2. The predicted octanol–water partition coefficient (Wildman–Crippen LogP) is 2.85. The van der Waals surface area contributed by atoms with Crippen LogP contribution in [-0.4, -0.2) is 29.8 Å². The van der Waals surface area contributed by atoms with Gasteiger partial charge in [-0.05, 0) is 31.0 Å². The van der Waals surface area contributed by atoms with E-state index in [2.05, 4.69) is 5.10 Å². The standard InChI is InChI=1S/C16H20N2O3/c1-5-8-18-15(14(21-4)10-17-18)16(19)12-7-6-11(2)9-13(12)20-3/h6-7,9-10H,5,8H2,1-4H3. The Labute approximate surface area is 124 Å². The van der Waals surface area contributed by atoms with E-state index >= 15 is 0 Å². The van der Waals surface area contributed by atoms with Crippen LogP contribution < -0.4 is 9.47 Å². The molecule has 2 rings (SSSR count). The van der Waals surface area contributed by atoms with Crippen molar-refractivity contribution in [3.8, 4) is 11.5 Å². The molecule has 1 aromatic heterocycles. The molecule has 112 valence electrons. The summed E-state index contributed by atoms with van der Waals surface area (Å²) < 4.78 is 12.3. The number of hydrogen-bond acceptors (Lipinski definition) is 4. The Kier molecular flexibility index (Phi) is 4.62. The van der Waals surface area contributed by atoms with Gasteiger partial charge >= 0.3 is 0 Å². The summed E-state index contributed by atoms with van der Waals surface area (Å²) in [6, 6.07) is 5.52. The van der Waals surface area contributed by atoms with Crippen molar-refractivity contribution in [2.45, 2.75) is 26.8 Å². The molecule has 0 N–H and O–H groups in total. The van der Waals surface area contributed by atoms with Crippen molar-refractivity contribution in [1.82, 2.24) is 9.78 Å². The van der Waals surface area contributed by atoms with E-state index in [1.165, 1.54) is 7.11 Å². The molecule has 0 aliphatic carbocycles. The van der Waals surface area contributed by atoms with Crippen molar-refractivity contribution >= 4 is 5.78 Å². The second-order valence-corrected chi connectivity index (χ2v) is 4.82. The van der Waals surface area contributed by atoms with Crippen LogP contribution in [0.15, 0.2) is 24.4 Å². The van der Waals surface area contributed by atoms with Crippen LogP contribution in [0.2, 0.25) is 0 Å². The Morgan fingerprint density at radius 3 is 2.57 bits per heavy atom. The highest BCUT2D eigenvalue weighted by Gasteiger charge is 2.23. The van der Waals surface area contributed by atoms with Gasteiger partial charge in [-0.1, -0.05) is 13.0 Å². The van der Waals surface area contributed by atoms with Gasteiger partial charge < -0.3 is 9.47 Å². The molecule has 2 aromatic rings. The average molecular weight is 288 g/mol. The van der Waals surface area contributed by atoms with E-state index in [-0.39, 0.29) is 5.78 Å². The number of ether oxygens (including phenoxy) is 2. The van der Waals surface area contributed by atoms with Crippen LogP contribution in [0.1, 0.15) is 35.0 Å². The SMILES string of the molecule is CCCn1ncc(OC)c1C(=O)c1ccc(C)cc1OC. The summed E-state index contributed by atoms with van der Waals surface area (Å²) in [6.07, 6.45) is 2.46. The number of carbonyl (C=O) groups is 1. The van der Waals surface area contributed by atoms with Crippen LogP contribution in [0, 0.1) is 6.92 Å². The van der Waals surface area contributed by atoms with Crippen molar-refractivity contribution in [1.29, 1.82) is 0 Å². The Hall–Kier alpha value is -2.30. The molecule has 0 saturated carbocycles.